The number of para-hydroxylation sites is 1. The second kappa shape index (κ2) is 7.27. The normalized spacial score (nSPS) is 23.2. The average molecular weight is 419 g/mol. The van der Waals surface area contributed by atoms with E-state index in [1.807, 2.05) is 67.6 Å². The summed E-state index contributed by atoms with van der Waals surface area (Å²) >= 11 is 6.08. The Morgan fingerprint density at radius 2 is 1.53 bits per heavy atom. The van der Waals surface area contributed by atoms with Crippen LogP contribution in [0.25, 0.3) is 0 Å². The maximum atomic E-state index is 13.5. The monoisotopic (exact) mass is 418 g/mol. The summed E-state index contributed by atoms with van der Waals surface area (Å²) in [6.45, 7) is 1.93. The van der Waals surface area contributed by atoms with Crippen LogP contribution in [0.3, 0.4) is 0 Å². The molecule has 0 radical (unpaired) electrons. The third-order valence-corrected chi connectivity index (χ3v) is 5.85. The third-order valence-electron chi connectivity index (χ3n) is 5.60. The van der Waals surface area contributed by atoms with E-state index in [9.17, 15) is 9.59 Å². The van der Waals surface area contributed by atoms with E-state index in [0.717, 1.165) is 16.8 Å². The summed E-state index contributed by atoms with van der Waals surface area (Å²) in [6, 6.07) is 23.8. The van der Waals surface area contributed by atoms with Crippen molar-refractivity contribution in [2.45, 2.75) is 19.1 Å². The molecule has 0 N–H and O–H groups in total. The summed E-state index contributed by atoms with van der Waals surface area (Å²) in [5.74, 6) is -1.25. The molecule has 2 aliphatic heterocycles. The number of anilines is 2. The Kier molecular flexibility index (Phi) is 4.57. The number of rotatable bonds is 3. The van der Waals surface area contributed by atoms with Gasteiger partial charge in [-0.1, -0.05) is 54.1 Å². The van der Waals surface area contributed by atoms with Crippen molar-refractivity contribution in [3.05, 3.63) is 95.0 Å². The quantitative estimate of drug-likeness (QED) is 0.578. The highest BCUT2D eigenvalue weighted by atomic mass is 35.5. The van der Waals surface area contributed by atoms with Crippen molar-refractivity contribution in [3.8, 4) is 0 Å². The second-order valence-electron chi connectivity index (χ2n) is 7.56. The van der Waals surface area contributed by atoms with Crippen molar-refractivity contribution in [3.63, 3.8) is 0 Å². The number of hydrogen-bond acceptors (Lipinski definition) is 4. The molecule has 2 heterocycles. The van der Waals surface area contributed by atoms with Crippen LogP contribution in [-0.2, 0) is 14.4 Å². The number of nitrogens with zero attached hydrogens (tertiary/aromatic N) is 2. The van der Waals surface area contributed by atoms with Crippen molar-refractivity contribution in [2.75, 3.05) is 9.96 Å². The fourth-order valence-electron chi connectivity index (χ4n) is 4.23. The molecule has 0 unspecified atom stereocenters. The Morgan fingerprint density at radius 1 is 0.833 bits per heavy atom. The average Bonchev–Trinajstić information content (AvgIpc) is 3.26. The largest absolute Gasteiger partial charge is 0.273 e. The number of carbonyl (C=O) groups excluding carboxylic acids is 2. The van der Waals surface area contributed by atoms with E-state index >= 15 is 0 Å². The minimum absolute atomic E-state index is 0.256. The van der Waals surface area contributed by atoms with Gasteiger partial charge in [-0.2, -0.15) is 0 Å². The summed E-state index contributed by atoms with van der Waals surface area (Å²) in [5, 5.41) is 2.29. The molecule has 0 aliphatic carbocycles. The highest BCUT2D eigenvalue weighted by Crippen LogP contribution is 2.47. The van der Waals surface area contributed by atoms with Crippen molar-refractivity contribution in [2.24, 2.45) is 5.92 Å². The molecule has 150 valence electrons. The van der Waals surface area contributed by atoms with Gasteiger partial charge in [0.15, 0.2) is 6.10 Å². The first-order valence-electron chi connectivity index (χ1n) is 9.75. The van der Waals surface area contributed by atoms with Gasteiger partial charge in [0.05, 0.1) is 17.4 Å². The van der Waals surface area contributed by atoms with Crippen molar-refractivity contribution >= 4 is 34.8 Å². The zero-order valence-corrected chi connectivity index (χ0v) is 17.0. The maximum absolute atomic E-state index is 13.5. The fourth-order valence-corrected chi connectivity index (χ4v) is 4.36. The van der Waals surface area contributed by atoms with Gasteiger partial charge in [0.1, 0.15) is 5.92 Å². The van der Waals surface area contributed by atoms with Crippen molar-refractivity contribution in [1.29, 1.82) is 0 Å². The molecule has 30 heavy (non-hydrogen) atoms. The second-order valence-corrected chi connectivity index (χ2v) is 8.00. The molecule has 3 atom stereocenters. The maximum Gasteiger partial charge on any atom is 0.266 e. The van der Waals surface area contributed by atoms with Gasteiger partial charge in [-0.15, -0.1) is 0 Å². The molecule has 0 aromatic heterocycles. The molecule has 2 amide bonds. The molecule has 6 heteroatoms. The van der Waals surface area contributed by atoms with Crippen LogP contribution in [0.15, 0.2) is 78.9 Å². The number of aryl methyl sites for hydroxylation is 1. The number of halogens is 1. The highest BCUT2D eigenvalue weighted by molar-refractivity contribution is 6.30. The number of hydroxylamine groups is 1. The molecule has 0 spiro atoms. The van der Waals surface area contributed by atoms with E-state index in [0.29, 0.717) is 10.7 Å². The number of carbonyl (C=O) groups is 2. The van der Waals surface area contributed by atoms with Gasteiger partial charge in [0, 0.05) is 5.02 Å². The van der Waals surface area contributed by atoms with E-state index in [2.05, 4.69) is 0 Å². The van der Waals surface area contributed by atoms with E-state index in [1.165, 1.54) is 4.90 Å². The molecule has 3 aromatic rings. The van der Waals surface area contributed by atoms with Crippen LogP contribution in [0.4, 0.5) is 11.4 Å². The van der Waals surface area contributed by atoms with Crippen LogP contribution >= 0.6 is 11.6 Å². The first kappa shape index (κ1) is 18.9. The smallest absolute Gasteiger partial charge is 0.266 e. The Bertz CT molecular complexity index is 1120. The van der Waals surface area contributed by atoms with Gasteiger partial charge in [-0.25, -0.2) is 9.96 Å². The lowest BCUT2D eigenvalue weighted by Crippen LogP contribution is -2.37. The van der Waals surface area contributed by atoms with Crippen LogP contribution in [0.1, 0.15) is 17.2 Å². The number of fused-ring (bicyclic) bond motifs is 1. The molecule has 0 bridgehead atoms. The molecule has 2 fully saturated rings. The van der Waals surface area contributed by atoms with Gasteiger partial charge in [-0.3, -0.25) is 14.4 Å². The third kappa shape index (κ3) is 2.98. The van der Waals surface area contributed by atoms with Crippen LogP contribution in [0, 0.1) is 12.8 Å². The highest BCUT2D eigenvalue weighted by Gasteiger charge is 2.60. The zero-order chi connectivity index (χ0) is 20.8. The van der Waals surface area contributed by atoms with Crippen LogP contribution in [0.2, 0.25) is 5.02 Å². The first-order chi connectivity index (χ1) is 14.5. The van der Waals surface area contributed by atoms with Crippen molar-refractivity contribution in [1.82, 2.24) is 0 Å². The Balaban J connectivity index is 1.59. The lowest BCUT2D eigenvalue weighted by molar-refractivity contribution is -0.126. The standard InChI is InChI=1S/C24H19ClN2O3/c1-15-6-5-9-19(14-15)26-23(28)20-21(16-10-12-17(25)13-11-16)27(30-22(20)24(26)29)18-7-3-2-4-8-18/h2-14,20-22H,1H3/t20-,21+,22+/m0/s1. The lowest BCUT2D eigenvalue weighted by atomic mass is 9.90. The van der Waals surface area contributed by atoms with E-state index in [1.54, 1.807) is 23.3 Å². The molecule has 0 saturated carbocycles. The molecular weight excluding hydrogens is 400 g/mol. The summed E-state index contributed by atoms with van der Waals surface area (Å²) in [4.78, 5) is 34.1. The van der Waals surface area contributed by atoms with E-state index < -0.39 is 18.1 Å². The van der Waals surface area contributed by atoms with E-state index in [4.69, 9.17) is 16.4 Å². The van der Waals surface area contributed by atoms with Crippen LogP contribution in [0.5, 0.6) is 0 Å². The summed E-state index contributed by atoms with van der Waals surface area (Å²) in [7, 11) is 0. The van der Waals surface area contributed by atoms with E-state index in [-0.39, 0.29) is 11.8 Å². The van der Waals surface area contributed by atoms with Crippen LogP contribution in [-0.4, -0.2) is 17.9 Å². The van der Waals surface area contributed by atoms with Gasteiger partial charge in [0.2, 0.25) is 5.91 Å². The molecule has 3 aromatic carbocycles. The fraction of sp³-hybridized carbons (Fsp3) is 0.167. The number of benzene rings is 3. The topological polar surface area (TPSA) is 49.9 Å². The number of amides is 2. The zero-order valence-electron chi connectivity index (χ0n) is 16.2. The number of hydrogen-bond donors (Lipinski definition) is 0. The van der Waals surface area contributed by atoms with Crippen LogP contribution < -0.4 is 9.96 Å². The lowest BCUT2D eigenvalue weighted by Gasteiger charge is -2.28. The van der Waals surface area contributed by atoms with Gasteiger partial charge in [-0.05, 0) is 54.4 Å². The number of imide groups is 1. The Labute approximate surface area is 179 Å². The minimum atomic E-state index is -0.876. The molecule has 5 rings (SSSR count). The summed E-state index contributed by atoms with van der Waals surface area (Å²) in [5.41, 5.74) is 3.20. The molecule has 2 aliphatic rings. The summed E-state index contributed by atoms with van der Waals surface area (Å²) in [6.07, 6.45) is -0.876. The van der Waals surface area contributed by atoms with Gasteiger partial charge in [0.25, 0.3) is 5.91 Å². The molecular formula is C24H19ClN2O3. The summed E-state index contributed by atoms with van der Waals surface area (Å²) < 4.78 is 0. The predicted molar refractivity (Wildman–Crippen MR) is 115 cm³/mol. The predicted octanol–water partition coefficient (Wildman–Crippen LogP) is 4.70. The molecule has 5 nitrogen and oxygen atoms in total. The van der Waals surface area contributed by atoms with Gasteiger partial charge >= 0.3 is 0 Å². The first-order valence-corrected chi connectivity index (χ1v) is 10.1. The Hall–Kier alpha value is -3.15. The van der Waals surface area contributed by atoms with Crippen molar-refractivity contribution < 1.29 is 14.4 Å². The molecule has 2 saturated heterocycles. The SMILES string of the molecule is Cc1cccc(N2C(=O)[C@H]3[C@@H](c4ccc(Cl)cc4)N(c4ccccc4)O[C@H]3C2=O)c1. The Morgan fingerprint density at radius 3 is 2.23 bits per heavy atom. The van der Waals surface area contributed by atoms with Gasteiger partial charge < -0.3 is 0 Å². The minimum Gasteiger partial charge on any atom is -0.273 e.